The number of H-pyrrole nitrogens is 1. The van der Waals surface area contributed by atoms with E-state index in [1.165, 1.54) is 31.4 Å². The standard InChI is InChI=1S/C24H21ClN2O6S/c1-13-23(34(31,32)16-6-3-14(25)4-7-16)18(9-10-22(28)29)21(26-13)12-19-17-8-5-15(33-2)11-20(17)27-24(19)30/h3-8,11-12,26H,9-10H2,1-2H3,(H,27,30)(H,28,29). The van der Waals surface area contributed by atoms with E-state index in [0.717, 1.165) is 0 Å². The number of aromatic nitrogens is 1. The molecule has 0 fully saturated rings. The fourth-order valence-electron chi connectivity index (χ4n) is 3.97. The number of carboxylic acids is 1. The zero-order chi connectivity index (χ0) is 24.6. The number of aryl methyl sites for hydroxylation is 1. The molecule has 1 aliphatic heterocycles. The minimum Gasteiger partial charge on any atom is -0.497 e. The van der Waals surface area contributed by atoms with Gasteiger partial charge in [-0.15, -0.1) is 0 Å². The second-order valence-corrected chi connectivity index (χ2v) is 10.1. The molecule has 0 saturated carbocycles. The minimum atomic E-state index is -3.99. The van der Waals surface area contributed by atoms with Crippen LogP contribution in [-0.2, 0) is 25.8 Å². The van der Waals surface area contributed by atoms with Crippen molar-refractivity contribution in [1.82, 2.24) is 4.98 Å². The predicted octanol–water partition coefficient (Wildman–Crippen LogP) is 4.33. The van der Waals surface area contributed by atoms with Crippen molar-refractivity contribution in [3.8, 4) is 5.75 Å². The zero-order valence-electron chi connectivity index (χ0n) is 18.3. The Kier molecular flexibility index (Phi) is 6.24. The minimum absolute atomic E-state index is 0.00344. The van der Waals surface area contributed by atoms with Gasteiger partial charge in [-0.2, -0.15) is 0 Å². The molecule has 0 saturated heterocycles. The Morgan fingerprint density at radius 2 is 1.88 bits per heavy atom. The molecule has 1 aromatic heterocycles. The van der Waals surface area contributed by atoms with Crippen LogP contribution in [0.5, 0.6) is 5.75 Å². The van der Waals surface area contributed by atoms with Crippen LogP contribution in [-0.4, -0.2) is 37.5 Å². The molecule has 1 amide bonds. The number of methoxy groups -OCH3 is 1. The highest BCUT2D eigenvalue weighted by Gasteiger charge is 2.30. The molecule has 0 aliphatic carbocycles. The number of ether oxygens (including phenoxy) is 1. The summed E-state index contributed by atoms with van der Waals surface area (Å²) in [6.45, 7) is 1.60. The molecule has 34 heavy (non-hydrogen) atoms. The van der Waals surface area contributed by atoms with E-state index in [4.69, 9.17) is 16.3 Å². The molecule has 3 aromatic rings. The third-order valence-electron chi connectivity index (χ3n) is 5.54. The average molecular weight is 501 g/mol. The van der Waals surface area contributed by atoms with Crippen molar-refractivity contribution in [2.45, 2.75) is 29.6 Å². The summed E-state index contributed by atoms with van der Waals surface area (Å²) >= 11 is 5.91. The molecule has 10 heteroatoms. The number of hydrogen-bond donors (Lipinski definition) is 3. The first kappa shape index (κ1) is 23.6. The van der Waals surface area contributed by atoms with E-state index in [0.29, 0.717) is 44.5 Å². The highest BCUT2D eigenvalue weighted by molar-refractivity contribution is 7.91. The van der Waals surface area contributed by atoms with Crippen LogP contribution in [0.25, 0.3) is 11.6 Å². The van der Waals surface area contributed by atoms with Gasteiger partial charge in [0, 0.05) is 34.5 Å². The molecule has 4 rings (SSSR count). The summed E-state index contributed by atoms with van der Waals surface area (Å²) in [5, 5.41) is 12.4. The van der Waals surface area contributed by atoms with E-state index >= 15 is 0 Å². The van der Waals surface area contributed by atoms with Gasteiger partial charge in [-0.25, -0.2) is 8.42 Å². The Morgan fingerprint density at radius 3 is 2.53 bits per heavy atom. The topological polar surface area (TPSA) is 126 Å². The Hall–Kier alpha value is -3.56. The number of carboxylic acid groups (broad SMARTS) is 1. The van der Waals surface area contributed by atoms with Gasteiger partial charge >= 0.3 is 5.97 Å². The molecule has 176 valence electrons. The molecule has 0 unspecified atom stereocenters. The second kappa shape index (κ2) is 9.00. The third kappa shape index (κ3) is 4.32. The fraction of sp³-hybridized carbons (Fsp3) is 0.167. The largest absolute Gasteiger partial charge is 0.497 e. The maximum absolute atomic E-state index is 13.5. The number of aliphatic carboxylic acids is 1. The number of hydrogen-bond acceptors (Lipinski definition) is 5. The molecule has 8 nitrogen and oxygen atoms in total. The van der Waals surface area contributed by atoms with Crippen molar-refractivity contribution >= 4 is 50.7 Å². The Bertz CT molecular complexity index is 1440. The lowest BCUT2D eigenvalue weighted by molar-refractivity contribution is -0.137. The SMILES string of the molecule is COc1ccc2c(c1)NC(=O)C2=Cc1[nH]c(C)c(S(=O)(=O)c2ccc(Cl)cc2)c1CCC(=O)O. The summed E-state index contributed by atoms with van der Waals surface area (Å²) in [5.74, 6) is -0.848. The average Bonchev–Trinajstić information content (AvgIpc) is 3.27. The van der Waals surface area contributed by atoms with Crippen LogP contribution in [0.2, 0.25) is 5.02 Å². The summed E-state index contributed by atoms with van der Waals surface area (Å²) < 4.78 is 32.2. The van der Waals surface area contributed by atoms with E-state index < -0.39 is 15.8 Å². The van der Waals surface area contributed by atoms with Crippen molar-refractivity contribution in [1.29, 1.82) is 0 Å². The normalized spacial score (nSPS) is 14.2. The number of anilines is 1. The van der Waals surface area contributed by atoms with Gasteiger partial charge in [-0.1, -0.05) is 11.6 Å². The summed E-state index contributed by atoms with van der Waals surface area (Å²) in [5.41, 5.74) is 2.53. The molecular formula is C24H21ClN2O6S. The number of halogens is 1. The number of amides is 1. The lowest BCUT2D eigenvalue weighted by Gasteiger charge is -2.08. The molecule has 2 aromatic carbocycles. The first-order chi connectivity index (χ1) is 16.1. The van der Waals surface area contributed by atoms with Crippen molar-refractivity contribution in [3.63, 3.8) is 0 Å². The van der Waals surface area contributed by atoms with Gasteiger partial charge in [0.25, 0.3) is 5.91 Å². The van der Waals surface area contributed by atoms with Crippen LogP contribution in [0.15, 0.2) is 52.3 Å². The molecule has 3 N–H and O–H groups in total. The number of carbonyl (C=O) groups excluding carboxylic acids is 1. The monoisotopic (exact) mass is 500 g/mol. The van der Waals surface area contributed by atoms with Crippen LogP contribution in [0.1, 0.15) is 28.9 Å². The lowest BCUT2D eigenvalue weighted by Crippen LogP contribution is -2.08. The lowest BCUT2D eigenvalue weighted by atomic mass is 10.0. The van der Waals surface area contributed by atoms with Crippen molar-refractivity contribution < 1.29 is 27.9 Å². The van der Waals surface area contributed by atoms with E-state index in [2.05, 4.69) is 10.3 Å². The Balaban J connectivity index is 1.87. The summed E-state index contributed by atoms with van der Waals surface area (Å²) in [4.78, 5) is 27.1. The van der Waals surface area contributed by atoms with Gasteiger partial charge in [-0.05, 0) is 61.4 Å². The van der Waals surface area contributed by atoms with E-state index in [-0.39, 0.29) is 28.5 Å². The highest BCUT2D eigenvalue weighted by Crippen LogP contribution is 2.38. The molecule has 1 aliphatic rings. The highest BCUT2D eigenvalue weighted by atomic mass is 35.5. The van der Waals surface area contributed by atoms with Gasteiger partial charge in [0.05, 0.1) is 28.2 Å². The van der Waals surface area contributed by atoms with Gasteiger partial charge < -0.3 is 20.1 Å². The van der Waals surface area contributed by atoms with Crippen LogP contribution < -0.4 is 10.1 Å². The van der Waals surface area contributed by atoms with Crippen LogP contribution in [0.3, 0.4) is 0 Å². The van der Waals surface area contributed by atoms with Gasteiger partial charge in [0.15, 0.2) is 0 Å². The van der Waals surface area contributed by atoms with Crippen LogP contribution >= 0.6 is 11.6 Å². The Morgan fingerprint density at radius 1 is 1.18 bits per heavy atom. The number of sulfone groups is 1. The van der Waals surface area contributed by atoms with E-state index in [9.17, 15) is 23.1 Å². The first-order valence-electron chi connectivity index (χ1n) is 10.3. The summed E-state index contributed by atoms with van der Waals surface area (Å²) in [7, 11) is -2.47. The predicted molar refractivity (Wildman–Crippen MR) is 128 cm³/mol. The Labute approximate surface area is 201 Å². The molecule has 2 heterocycles. The number of aromatic amines is 1. The van der Waals surface area contributed by atoms with Crippen LogP contribution in [0, 0.1) is 6.92 Å². The maximum atomic E-state index is 13.5. The number of fused-ring (bicyclic) bond motifs is 1. The molecule has 0 atom stereocenters. The van der Waals surface area contributed by atoms with Crippen LogP contribution in [0.4, 0.5) is 5.69 Å². The van der Waals surface area contributed by atoms with Crippen molar-refractivity contribution in [3.05, 3.63) is 70.0 Å². The number of benzene rings is 2. The van der Waals surface area contributed by atoms with E-state index in [1.54, 1.807) is 31.2 Å². The summed E-state index contributed by atoms with van der Waals surface area (Å²) in [6.07, 6.45) is 1.23. The molecule has 0 spiro atoms. The van der Waals surface area contributed by atoms with Gasteiger partial charge in [0.2, 0.25) is 9.84 Å². The number of carbonyl (C=O) groups is 2. The number of nitrogens with one attached hydrogen (secondary N) is 2. The second-order valence-electron chi connectivity index (χ2n) is 7.75. The quantitative estimate of drug-likeness (QED) is 0.415. The molecular weight excluding hydrogens is 480 g/mol. The molecule has 0 bridgehead atoms. The van der Waals surface area contributed by atoms with Crippen molar-refractivity contribution in [2.75, 3.05) is 12.4 Å². The van der Waals surface area contributed by atoms with Gasteiger partial charge in [0.1, 0.15) is 5.75 Å². The fourth-order valence-corrected chi connectivity index (χ4v) is 5.82. The third-order valence-corrected chi connectivity index (χ3v) is 7.78. The van der Waals surface area contributed by atoms with E-state index in [1.807, 2.05) is 0 Å². The van der Waals surface area contributed by atoms with Crippen molar-refractivity contribution in [2.24, 2.45) is 0 Å². The zero-order valence-corrected chi connectivity index (χ0v) is 19.9. The summed E-state index contributed by atoms with van der Waals surface area (Å²) in [6, 6.07) is 10.9. The molecule has 0 radical (unpaired) electrons. The smallest absolute Gasteiger partial charge is 0.303 e. The van der Waals surface area contributed by atoms with Gasteiger partial charge in [-0.3, -0.25) is 9.59 Å². The maximum Gasteiger partial charge on any atom is 0.303 e. The first-order valence-corrected chi connectivity index (χ1v) is 12.1. The number of rotatable bonds is 7.